The summed E-state index contributed by atoms with van der Waals surface area (Å²) in [7, 11) is 1.46. The number of methoxy groups -OCH3 is 1. The molecular weight excluding hydrogens is 421 g/mol. The van der Waals surface area contributed by atoms with Gasteiger partial charge >= 0.3 is 0 Å². The Labute approximate surface area is 196 Å². The van der Waals surface area contributed by atoms with Crippen molar-refractivity contribution in [3.8, 4) is 5.75 Å². The Balaban J connectivity index is 1.56. The molecule has 1 aromatic rings. The number of rotatable bonds is 7. The SMILES string of the molecule is CCN1CCC[C@H]1CN=C1NC(=NCC2CCCCC2)NC(N)N1c1ccc(OC)c(F)c1. The van der Waals surface area contributed by atoms with E-state index in [1.807, 2.05) is 0 Å². The molecule has 8 nitrogen and oxygen atoms in total. The number of likely N-dealkylation sites (N-methyl/N-ethyl adjacent to an activating group) is 1. The normalized spacial score (nSPS) is 27.1. The Kier molecular flexibility index (Phi) is 8.03. The first-order valence-electron chi connectivity index (χ1n) is 12.3. The van der Waals surface area contributed by atoms with E-state index in [4.69, 9.17) is 20.5 Å². The number of ether oxygens (including phenoxy) is 1. The van der Waals surface area contributed by atoms with Crippen LogP contribution in [0.4, 0.5) is 10.1 Å². The Morgan fingerprint density at radius 2 is 1.94 bits per heavy atom. The van der Waals surface area contributed by atoms with Gasteiger partial charge in [0.25, 0.3) is 0 Å². The molecule has 3 fully saturated rings. The Morgan fingerprint density at radius 1 is 1.12 bits per heavy atom. The fourth-order valence-electron chi connectivity index (χ4n) is 5.13. The molecule has 0 radical (unpaired) electrons. The molecule has 2 aliphatic heterocycles. The van der Waals surface area contributed by atoms with E-state index in [1.165, 1.54) is 51.7 Å². The number of halogens is 1. The van der Waals surface area contributed by atoms with E-state index in [9.17, 15) is 4.39 Å². The van der Waals surface area contributed by atoms with Gasteiger partial charge < -0.3 is 10.1 Å². The van der Waals surface area contributed by atoms with Gasteiger partial charge in [-0.05, 0) is 56.8 Å². The van der Waals surface area contributed by atoms with Gasteiger partial charge in [-0.15, -0.1) is 0 Å². The molecule has 0 aromatic heterocycles. The van der Waals surface area contributed by atoms with Gasteiger partial charge in [0.05, 0.1) is 19.3 Å². The smallest absolute Gasteiger partial charge is 0.208 e. The first-order valence-corrected chi connectivity index (χ1v) is 12.3. The fourth-order valence-corrected chi connectivity index (χ4v) is 5.13. The van der Waals surface area contributed by atoms with Crippen molar-refractivity contribution in [3.05, 3.63) is 24.0 Å². The minimum absolute atomic E-state index is 0.197. The molecule has 0 bridgehead atoms. The lowest BCUT2D eigenvalue weighted by molar-refractivity contribution is 0.273. The standard InChI is InChI=1S/C24H38FN7O/c1-3-31-13-7-10-19(31)16-28-24-30-23(27-15-17-8-5-4-6-9-17)29-22(26)32(24)18-11-12-21(33-2)20(25)14-18/h11-12,14,17,19,22H,3-10,13,15-16,26H2,1-2H3,(H2,27,28,29,30)/t19-,22?/m0/s1. The lowest BCUT2D eigenvalue weighted by Gasteiger charge is -2.38. The average Bonchev–Trinajstić information content (AvgIpc) is 3.29. The predicted octanol–water partition coefficient (Wildman–Crippen LogP) is 2.85. The van der Waals surface area contributed by atoms with Crippen molar-refractivity contribution < 1.29 is 9.13 Å². The van der Waals surface area contributed by atoms with Crippen molar-refractivity contribution in [3.63, 3.8) is 0 Å². The van der Waals surface area contributed by atoms with Crippen LogP contribution in [0.15, 0.2) is 28.2 Å². The zero-order valence-corrected chi connectivity index (χ0v) is 19.9. The van der Waals surface area contributed by atoms with E-state index < -0.39 is 12.1 Å². The van der Waals surface area contributed by atoms with E-state index in [1.54, 1.807) is 17.0 Å². The molecule has 1 aliphatic carbocycles. The van der Waals surface area contributed by atoms with Crippen LogP contribution in [0.25, 0.3) is 0 Å². The average molecular weight is 460 g/mol. The van der Waals surface area contributed by atoms with E-state index in [-0.39, 0.29) is 5.75 Å². The number of guanidine groups is 2. The second-order valence-corrected chi connectivity index (χ2v) is 9.19. The highest BCUT2D eigenvalue weighted by Crippen LogP contribution is 2.26. The monoisotopic (exact) mass is 459 g/mol. The summed E-state index contributed by atoms with van der Waals surface area (Å²) in [5.74, 6) is 1.61. The van der Waals surface area contributed by atoms with Crippen molar-refractivity contribution in [1.29, 1.82) is 0 Å². The molecular formula is C24H38FN7O. The third-order valence-corrected chi connectivity index (χ3v) is 7.02. The minimum atomic E-state index is -0.617. The third kappa shape index (κ3) is 5.76. The van der Waals surface area contributed by atoms with Gasteiger partial charge in [-0.3, -0.25) is 30.8 Å². The largest absolute Gasteiger partial charge is 0.494 e. The maximum atomic E-state index is 14.5. The molecule has 182 valence electrons. The van der Waals surface area contributed by atoms with Gasteiger partial charge in [-0.1, -0.05) is 26.2 Å². The van der Waals surface area contributed by atoms with Gasteiger partial charge in [-0.25, -0.2) is 4.39 Å². The number of anilines is 1. The summed E-state index contributed by atoms with van der Waals surface area (Å²) < 4.78 is 19.6. The molecule has 2 saturated heterocycles. The van der Waals surface area contributed by atoms with Gasteiger partial charge in [0.1, 0.15) is 0 Å². The number of likely N-dealkylation sites (tertiary alicyclic amines) is 1. The summed E-state index contributed by atoms with van der Waals surface area (Å²) in [4.78, 5) is 14.0. The number of hydrogen-bond acceptors (Lipinski definition) is 5. The highest BCUT2D eigenvalue weighted by atomic mass is 19.1. The zero-order valence-electron chi connectivity index (χ0n) is 19.9. The van der Waals surface area contributed by atoms with Crippen LogP contribution in [-0.2, 0) is 0 Å². The lowest BCUT2D eigenvalue weighted by Crippen LogP contribution is -2.68. The van der Waals surface area contributed by atoms with Crippen molar-refractivity contribution in [2.75, 3.05) is 38.2 Å². The van der Waals surface area contributed by atoms with Crippen LogP contribution in [0.3, 0.4) is 0 Å². The molecule has 4 N–H and O–H groups in total. The van der Waals surface area contributed by atoms with Gasteiger partial charge in [-0.2, -0.15) is 0 Å². The lowest BCUT2D eigenvalue weighted by atomic mass is 9.89. The Hall–Kier alpha value is -2.39. The summed E-state index contributed by atoms with van der Waals surface area (Å²) in [6, 6.07) is 5.23. The van der Waals surface area contributed by atoms with E-state index in [0.717, 1.165) is 26.1 Å². The third-order valence-electron chi connectivity index (χ3n) is 7.02. The topological polar surface area (TPSA) is 90.5 Å². The molecule has 2 atom stereocenters. The van der Waals surface area contributed by atoms with Crippen molar-refractivity contribution >= 4 is 17.6 Å². The van der Waals surface area contributed by atoms with Crippen molar-refractivity contribution in [1.82, 2.24) is 15.5 Å². The molecule has 33 heavy (non-hydrogen) atoms. The van der Waals surface area contributed by atoms with Crippen molar-refractivity contribution in [2.24, 2.45) is 21.6 Å². The highest BCUT2D eigenvalue weighted by molar-refractivity contribution is 6.09. The number of aliphatic imine (C=N–C) groups is 2. The van der Waals surface area contributed by atoms with Gasteiger partial charge in [0.2, 0.25) is 11.9 Å². The number of nitrogens with zero attached hydrogens (tertiary/aromatic N) is 4. The summed E-state index contributed by atoms with van der Waals surface area (Å²) >= 11 is 0. The number of nitrogens with two attached hydrogens (primary N) is 1. The molecule has 0 spiro atoms. The van der Waals surface area contributed by atoms with E-state index in [2.05, 4.69) is 22.5 Å². The fraction of sp³-hybridized carbons (Fsp3) is 0.667. The summed E-state index contributed by atoms with van der Waals surface area (Å²) in [6.45, 7) is 5.76. The zero-order chi connectivity index (χ0) is 23.2. The molecule has 3 aliphatic rings. The molecule has 1 aromatic carbocycles. The molecule has 1 unspecified atom stereocenters. The van der Waals surface area contributed by atoms with Crippen LogP contribution in [0.2, 0.25) is 0 Å². The molecule has 4 rings (SSSR count). The van der Waals surface area contributed by atoms with E-state index in [0.29, 0.717) is 36.1 Å². The number of benzene rings is 1. The molecule has 0 amide bonds. The summed E-state index contributed by atoms with van der Waals surface area (Å²) in [5, 5.41) is 6.57. The van der Waals surface area contributed by atoms with Gasteiger partial charge in [0, 0.05) is 18.7 Å². The maximum Gasteiger partial charge on any atom is 0.208 e. The van der Waals surface area contributed by atoms with Crippen molar-refractivity contribution in [2.45, 2.75) is 64.2 Å². The summed E-state index contributed by atoms with van der Waals surface area (Å²) in [6.07, 6.45) is 8.07. The van der Waals surface area contributed by atoms with Crippen LogP contribution < -0.4 is 26.0 Å². The number of nitrogens with one attached hydrogen (secondary N) is 2. The summed E-state index contributed by atoms with van der Waals surface area (Å²) in [5.41, 5.74) is 7.11. The van der Waals surface area contributed by atoms with Crippen LogP contribution in [0.5, 0.6) is 5.75 Å². The minimum Gasteiger partial charge on any atom is -0.494 e. The second kappa shape index (κ2) is 11.2. The quantitative estimate of drug-likeness (QED) is 0.581. The Bertz CT molecular complexity index is 855. The number of hydrogen-bond donors (Lipinski definition) is 3. The maximum absolute atomic E-state index is 14.5. The molecule has 9 heteroatoms. The second-order valence-electron chi connectivity index (χ2n) is 9.19. The molecule has 2 heterocycles. The predicted molar refractivity (Wildman–Crippen MR) is 131 cm³/mol. The van der Waals surface area contributed by atoms with Crippen LogP contribution in [0, 0.1) is 11.7 Å². The first-order chi connectivity index (χ1) is 16.1. The highest BCUT2D eigenvalue weighted by Gasteiger charge is 2.30. The van der Waals surface area contributed by atoms with Crippen LogP contribution >= 0.6 is 0 Å². The van der Waals surface area contributed by atoms with Crippen LogP contribution in [0.1, 0.15) is 51.9 Å². The Morgan fingerprint density at radius 3 is 2.67 bits per heavy atom. The van der Waals surface area contributed by atoms with Gasteiger partial charge in [0.15, 0.2) is 17.9 Å². The first kappa shape index (κ1) is 23.8. The molecule has 1 saturated carbocycles. The van der Waals surface area contributed by atoms with E-state index >= 15 is 0 Å². The van der Waals surface area contributed by atoms with Crippen LogP contribution in [-0.4, -0.2) is 62.4 Å².